The molecular formula is C13H31N9. The SMILES string of the molecule is NC(N)=NCCCC(CCCN=C(N)N)CCCN=C(N)N. The highest BCUT2D eigenvalue weighted by molar-refractivity contribution is 5.76. The first-order valence-electron chi connectivity index (χ1n) is 7.58. The maximum absolute atomic E-state index is 5.31. The summed E-state index contributed by atoms with van der Waals surface area (Å²) < 4.78 is 0. The first-order valence-corrected chi connectivity index (χ1v) is 7.58. The highest BCUT2D eigenvalue weighted by Gasteiger charge is 2.08. The molecule has 0 amide bonds. The lowest BCUT2D eigenvalue weighted by atomic mass is 9.92. The maximum atomic E-state index is 5.31. The van der Waals surface area contributed by atoms with Crippen LogP contribution in [0.2, 0.25) is 0 Å². The van der Waals surface area contributed by atoms with Gasteiger partial charge in [-0.2, -0.15) is 0 Å². The van der Waals surface area contributed by atoms with Crippen LogP contribution in [-0.2, 0) is 0 Å². The van der Waals surface area contributed by atoms with Crippen molar-refractivity contribution in [1.29, 1.82) is 0 Å². The first-order chi connectivity index (χ1) is 10.4. The smallest absolute Gasteiger partial charge is 0.185 e. The van der Waals surface area contributed by atoms with Crippen LogP contribution in [0.25, 0.3) is 0 Å². The van der Waals surface area contributed by atoms with Crippen LogP contribution in [0.15, 0.2) is 15.0 Å². The standard InChI is InChI=1S/C13H31N9/c14-11(15)20-7-1-4-10(5-2-8-21-12(16)17)6-3-9-22-13(18)19/h10H,1-9H2,(H4,14,15,20)(H4,16,17,21)(H4,18,19,22). The number of nitrogens with zero attached hydrogens (tertiary/aromatic N) is 3. The Bertz CT molecular complexity index is 307. The average Bonchev–Trinajstić information content (AvgIpc) is 2.42. The summed E-state index contributed by atoms with van der Waals surface area (Å²) in [7, 11) is 0. The quantitative estimate of drug-likeness (QED) is 0.148. The Morgan fingerprint density at radius 1 is 0.545 bits per heavy atom. The van der Waals surface area contributed by atoms with Crippen molar-refractivity contribution in [1.82, 2.24) is 0 Å². The minimum absolute atomic E-state index is 0.136. The molecule has 0 aliphatic rings. The molecule has 0 spiro atoms. The minimum Gasteiger partial charge on any atom is -0.370 e. The van der Waals surface area contributed by atoms with Gasteiger partial charge < -0.3 is 34.4 Å². The van der Waals surface area contributed by atoms with Crippen molar-refractivity contribution in [3.8, 4) is 0 Å². The molecule has 0 atom stereocenters. The summed E-state index contributed by atoms with van der Waals surface area (Å²) in [6.45, 7) is 1.96. The van der Waals surface area contributed by atoms with E-state index in [1.54, 1.807) is 0 Å². The van der Waals surface area contributed by atoms with E-state index in [0.29, 0.717) is 25.6 Å². The Kier molecular flexibility index (Phi) is 11.3. The van der Waals surface area contributed by atoms with Gasteiger partial charge in [0.2, 0.25) is 0 Å². The second kappa shape index (κ2) is 12.5. The Morgan fingerprint density at radius 2 is 0.818 bits per heavy atom. The van der Waals surface area contributed by atoms with E-state index in [2.05, 4.69) is 15.0 Å². The Hall–Kier alpha value is -2.19. The van der Waals surface area contributed by atoms with Crippen molar-refractivity contribution < 1.29 is 0 Å². The first kappa shape index (κ1) is 19.8. The van der Waals surface area contributed by atoms with Crippen LogP contribution in [0, 0.1) is 5.92 Å². The third kappa shape index (κ3) is 14.2. The fourth-order valence-corrected chi connectivity index (χ4v) is 2.20. The Labute approximate surface area is 132 Å². The molecule has 0 radical (unpaired) electrons. The molecule has 0 bridgehead atoms. The van der Waals surface area contributed by atoms with Crippen molar-refractivity contribution in [2.24, 2.45) is 55.3 Å². The molecule has 0 saturated carbocycles. The predicted molar refractivity (Wildman–Crippen MR) is 93.2 cm³/mol. The molecule has 0 heterocycles. The van der Waals surface area contributed by atoms with Gasteiger partial charge in [0.25, 0.3) is 0 Å². The molecule has 9 nitrogen and oxygen atoms in total. The molecule has 128 valence electrons. The van der Waals surface area contributed by atoms with Gasteiger partial charge in [-0.15, -0.1) is 0 Å². The molecule has 22 heavy (non-hydrogen) atoms. The number of aliphatic imine (C=N–C) groups is 3. The summed E-state index contributed by atoms with van der Waals surface area (Å²) in [6.07, 6.45) is 6.02. The molecular weight excluding hydrogens is 282 g/mol. The lowest BCUT2D eigenvalue weighted by molar-refractivity contribution is 0.394. The zero-order chi connectivity index (χ0) is 16.8. The largest absolute Gasteiger partial charge is 0.370 e. The van der Waals surface area contributed by atoms with E-state index in [9.17, 15) is 0 Å². The second-order valence-corrected chi connectivity index (χ2v) is 5.21. The molecule has 0 aromatic rings. The Morgan fingerprint density at radius 3 is 1.05 bits per heavy atom. The topological polar surface area (TPSA) is 193 Å². The normalized spacial score (nSPS) is 10.2. The Balaban J connectivity index is 4.09. The van der Waals surface area contributed by atoms with Crippen LogP contribution in [0.1, 0.15) is 38.5 Å². The number of rotatable bonds is 12. The molecule has 0 aliphatic heterocycles. The van der Waals surface area contributed by atoms with Gasteiger partial charge in [0.05, 0.1) is 0 Å². The highest BCUT2D eigenvalue weighted by atomic mass is 15.0. The summed E-state index contributed by atoms with van der Waals surface area (Å²) >= 11 is 0. The number of hydrogen-bond donors (Lipinski definition) is 6. The number of guanidine groups is 3. The molecule has 0 saturated heterocycles. The van der Waals surface area contributed by atoms with Crippen LogP contribution in [0.5, 0.6) is 0 Å². The fraction of sp³-hybridized carbons (Fsp3) is 0.769. The third-order valence-corrected chi connectivity index (χ3v) is 3.19. The number of nitrogens with two attached hydrogens (primary N) is 6. The molecule has 12 N–H and O–H groups in total. The van der Waals surface area contributed by atoms with E-state index < -0.39 is 0 Å². The molecule has 0 rings (SSSR count). The zero-order valence-electron chi connectivity index (χ0n) is 13.2. The van der Waals surface area contributed by atoms with Gasteiger partial charge in [-0.25, -0.2) is 0 Å². The van der Waals surface area contributed by atoms with E-state index in [-0.39, 0.29) is 17.9 Å². The number of hydrogen-bond acceptors (Lipinski definition) is 3. The fourth-order valence-electron chi connectivity index (χ4n) is 2.20. The van der Waals surface area contributed by atoms with Gasteiger partial charge in [-0.3, -0.25) is 15.0 Å². The van der Waals surface area contributed by atoms with E-state index in [1.807, 2.05) is 0 Å². The van der Waals surface area contributed by atoms with E-state index in [4.69, 9.17) is 34.4 Å². The van der Waals surface area contributed by atoms with Gasteiger partial charge in [-0.05, 0) is 44.4 Å². The van der Waals surface area contributed by atoms with Gasteiger partial charge in [0.1, 0.15) is 0 Å². The van der Waals surface area contributed by atoms with Crippen LogP contribution < -0.4 is 34.4 Å². The molecule has 9 heteroatoms. The zero-order valence-corrected chi connectivity index (χ0v) is 13.2. The monoisotopic (exact) mass is 313 g/mol. The molecule has 0 unspecified atom stereocenters. The molecule has 0 aromatic heterocycles. The second-order valence-electron chi connectivity index (χ2n) is 5.21. The van der Waals surface area contributed by atoms with E-state index in [1.165, 1.54) is 0 Å². The third-order valence-electron chi connectivity index (χ3n) is 3.19. The maximum Gasteiger partial charge on any atom is 0.185 e. The lowest BCUT2D eigenvalue weighted by Gasteiger charge is -2.15. The van der Waals surface area contributed by atoms with E-state index in [0.717, 1.165) is 38.5 Å². The van der Waals surface area contributed by atoms with Crippen LogP contribution in [0.4, 0.5) is 0 Å². The molecule has 0 aromatic carbocycles. The minimum atomic E-state index is 0.136. The van der Waals surface area contributed by atoms with Crippen molar-refractivity contribution in [3.05, 3.63) is 0 Å². The summed E-state index contributed by atoms with van der Waals surface area (Å²) in [5, 5.41) is 0. The summed E-state index contributed by atoms with van der Waals surface area (Å²) in [5.41, 5.74) is 31.9. The van der Waals surface area contributed by atoms with Gasteiger partial charge in [0, 0.05) is 19.6 Å². The predicted octanol–water partition coefficient (Wildman–Crippen LogP) is -1.24. The average molecular weight is 313 g/mol. The lowest BCUT2D eigenvalue weighted by Crippen LogP contribution is -2.23. The molecule has 0 fully saturated rings. The summed E-state index contributed by atoms with van der Waals surface area (Å²) in [5.74, 6) is 0.976. The van der Waals surface area contributed by atoms with Crippen molar-refractivity contribution in [2.75, 3.05) is 19.6 Å². The van der Waals surface area contributed by atoms with Crippen LogP contribution >= 0.6 is 0 Å². The summed E-state index contributed by atoms with van der Waals surface area (Å²) in [4.78, 5) is 12.0. The van der Waals surface area contributed by atoms with Crippen molar-refractivity contribution in [2.45, 2.75) is 38.5 Å². The summed E-state index contributed by atoms with van der Waals surface area (Å²) in [6, 6.07) is 0. The van der Waals surface area contributed by atoms with Gasteiger partial charge >= 0.3 is 0 Å². The van der Waals surface area contributed by atoms with Gasteiger partial charge in [0.15, 0.2) is 17.9 Å². The van der Waals surface area contributed by atoms with Crippen molar-refractivity contribution in [3.63, 3.8) is 0 Å². The van der Waals surface area contributed by atoms with Crippen molar-refractivity contribution >= 4 is 17.9 Å². The van der Waals surface area contributed by atoms with Gasteiger partial charge in [-0.1, -0.05) is 0 Å². The van der Waals surface area contributed by atoms with E-state index >= 15 is 0 Å². The van der Waals surface area contributed by atoms with Crippen LogP contribution in [-0.4, -0.2) is 37.5 Å². The molecule has 0 aliphatic carbocycles. The highest BCUT2D eigenvalue weighted by Crippen LogP contribution is 2.19. The van der Waals surface area contributed by atoms with Crippen LogP contribution in [0.3, 0.4) is 0 Å².